The average Bonchev–Trinajstić information content (AvgIpc) is 3.02. The Morgan fingerprint density at radius 3 is 2.11 bits per heavy atom. The first kappa shape index (κ1) is 34.5. The summed E-state index contributed by atoms with van der Waals surface area (Å²) >= 11 is 6.08. The molecule has 1 atom stereocenters. The van der Waals surface area contributed by atoms with Gasteiger partial charge in [-0.25, -0.2) is 18.0 Å². The zero-order chi connectivity index (χ0) is 33.5. The van der Waals surface area contributed by atoms with Gasteiger partial charge in [0.1, 0.15) is 17.1 Å². The number of aliphatic hydroxyl groups is 1. The van der Waals surface area contributed by atoms with Crippen LogP contribution in [0.15, 0.2) is 107 Å². The molecule has 1 N–H and O–H groups in total. The number of aliphatic hydroxyl groups excluding tert-OH is 1. The Morgan fingerprint density at radius 1 is 0.870 bits per heavy atom. The molecule has 0 bridgehead atoms. The van der Waals surface area contributed by atoms with Crippen LogP contribution in [0, 0.1) is 0 Å². The number of halogens is 1. The van der Waals surface area contributed by atoms with Crippen LogP contribution in [0.5, 0.6) is 11.5 Å². The maximum absolute atomic E-state index is 13.3. The molecule has 4 aromatic rings. The molecule has 0 unspecified atom stereocenters. The summed E-state index contributed by atoms with van der Waals surface area (Å²) in [5, 5.41) is 11.3. The van der Waals surface area contributed by atoms with E-state index in [2.05, 4.69) is 0 Å². The molecule has 1 amide bonds. The number of nitrogens with zero attached hydrogens (tertiary/aromatic N) is 1. The molecule has 0 saturated carbocycles. The number of carbonyl (C=O) groups is 2. The lowest BCUT2D eigenvalue weighted by atomic mass is 10.1. The topological polar surface area (TPSA) is 119 Å². The van der Waals surface area contributed by atoms with Gasteiger partial charge in [0.2, 0.25) is 9.84 Å². The Hall–Kier alpha value is -4.38. The molecule has 242 valence electrons. The van der Waals surface area contributed by atoms with Crippen LogP contribution in [0.3, 0.4) is 0 Å². The van der Waals surface area contributed by atoms with Crippen LogP contribution in [0.1, 0.15) is 48.4 Å². The lowest BCUT2D eigenvalue weighted by Gasteiger charge is -2.29. The van der Waals surface area contributed by atoms with Crippen LogP contribution in [0.25, 0.3) is 0 Å². The van der Waals surface area contributed by atoms with Gasteiger partial charge in [0.15, 0.2) is 0 Å². The van der Waals surface area contributed by atoms with Gasteiger partial charge in [-0.1, -0.05) is 41.9 Å². The Balaban J connectivity index is 1.43. The van der Waals surface area contributed by atoms with Gasteiger partial charge in [0.25, 0.3) is 0 Å². The Kier molecular flexibility index (Phi) is 11.1. The number of amides is 1. The third-order valence-corrected chi connectivity index (χ3v) is 8.83. The molecular formula is C35H36ClNO8S. The van der Waals surface area contributed by atoms with Gasteiger partial charge in [-0.05, 0) is 105 Å². The van der Waals surface area contributed by atoms with Crippen molar-refractivity contribution >= 4 is 33.5 Å². The van der Waals surface area contributed by atoms with Gasteiger partial charge >= 0.3 is 12.1 Å². The molecule has 0 aliphatic rings. The van der Waals surface area contributed by atoms with Crippen LogP contribution in [-0.4, -0.2) is 56.3 Å². The maximum atomic E-state index is 13.3. The van der Waals surface area contributed by atoms with Crippen molar-refractivity contribution < 1.29 is 37.3 Å². The highest BCUT2D eigenvalue weighted by Gasteiger charge is 2.25. The highest BCUT2D eigenvalue weighted by molar-refractivity contribution is 7.91. The Bertz CT molecular complexity index is 1770. The molecule has 46 heavy (non-hydrogen) atoms. The summed E-state index contributed by atoms with van der Waals surface area (Å²) in [4.78, 5) is 26.4. The predicted octanol–water partition coefficient (Wildman–Crippen LogP) is 7.26. The lowest BCUT2D eigenvalue weighted by Crippen LogP contribution is -2.40. The number of hydrogen-bond donors (Lipinski definition) is 1. The normalized spacial score (nSPS) is 12.2. The summed E-state index contributed by atoms with van der Waals surface area (Å²) in [5.41, 5.74) is 0.965. The molecule has 0 radical (unpaired) electrons. The lowest BCUT2D eigenvalue weighted by molar-refractivity contribution is 0.0147. The first-order chi connectivity index (χ1) is 21.7. The van der Waals surface area contributed by atoms with E-state index in [1.54, 1.807) is 75.4 Å². The number of sulfone groups is 1. The number of hydrogen-bond acceptors (Lipinski definition) is 8. The smallest absolute Gasteiger partial charge is 0.410 e. The van der Waals surface area contributed by atoms with E-state index in [0.717, 1.165) is 5.56 Å². The molecule has 9 nitrogen and oxygen atoms in total. The summed E-state index contributed by atoms with van der Waals surface area (Å²) in [6.45, 7) is 5.51. The third kappa shape index (κ3) is 9.32. The minimum atomic E-state index is -3.83. The molecule has 0 aromatic heterocycles. The number of benzene rings is 4. The standard InChI is InChI=1S/C35H36ClNO8S/c1-35(2,3)45-34(40)37(23-32(38)25-7-5-9-27(36)21-25)20-19-24-11-15-30(16-12-24)46(41,42)31-17-13-28(14-18-31)44-29-10-6-8-26(22-29)33(39)43-4/h5-18,21-22,32,38H,19-20,23H2,1-4H3/t32-/m0/s1. The second kappa shape index (κ2) is 14.8. The Morgan fingerprint density at radius 2 is 1.50 bits per heavy atom. The SMILES string of the molecule is COC(=O)c1cccc(Oc2ccc(S(=O)(=O)c3ccc(CCN(C[C@H](O)c4cccc(Cl)c4)C(=O)OC(C)(C)C)cc3)cc2)c1. The number of rotatable bonds is 11. The summed E-state index contributed by atoms with van der Waals surface area (Å²) in [7, 11) is -2.54. The number of esters is 1. The van der Waals surface area contributed by atoms with E-state index in [0.29, 0.717) is 34.1 Å². The van der Waals surface area contributed by atoms with Gasteiger partial charge in [0.05, 0.1) is 35.1 Å². The van der Waals surface area contributed by atoms with Gasteiger partial charge < -0.3 is 24.2 Å². The zero-order valence-electron chi connectivity index (χ0n) is 26.0. The van der Waals surface area contributed by atoms with Gasteiger partial charge in [-0.15, -0.1) is 0 Å². The van der Waals surface area contributed by atoms with Crippen molar-refractivity contribution in [2.75, 3.05) is 20.2 Å². The fraction of sp³-hybridized carbons (Fsp3) is 0.257. The zero-order valence-corrected chi connectivity index (χ0v) is 27.5. The molecule has 0 spiro atoms. The van der Waals surface area contributed by atoms with E-state index < -0.39 is 33.6 Å². The first-order valence-electron chi connectivity index (χ1n) is 14.5. The van der Waals surface area contributed by atoms with E-state index in [9.17, 15) is 23.1 Å². The summed E-state index contributed by atoms with van der Waals surface area (Å²) in [5.74, 6) is 0.301. The van der Waals surface area contributed by atoms with Gasteiger partial charge in [-0.2, -0.15) is 0 Å². The fourth-order valence-electron chi connectivity index (χ4n) is 4.47. The number of carbonyl (C=O) groups excluding carboxylic acids is 2. The minimum Gasteiger partial charge on any atom is -0.465 e. The van der Waals surface area contributed by atoms with Crippen molar-refractivity contribution in [3.63, 3.8) is 0 Å². The molecule has 11 heteroatoms. The molecule has 0 aliphatic carbocycles. The second-order valence-corrected chi connectivity index (χ2v) is 13.9. The van der Waals surface area contributed by atoms with Crippen LogP contribution in [0.2, 0.25) is 5.02 Å². The van der Waals surface area contributed by atoms with Crippen LogP contribution in [-0.2, 0) is 25.7 Å². The van der Waals surface area contributed by atoms with E-state index in [1.807, 2.05) is 0 Å². The minimum absolute atomic E-state index is 0.0157. The van der Waals surface area contributed by atoms with Crippen LogP contribution in [0.4, 0.5) is 4.79 Å². The van der Waals surface area contributed by atoms with Crippen LogP contribution >= 0.6 is 11.6 Å². The van der Waals surface area contributed by atoms with Crippen molar-refractivity contribution in [2.45, 2.75) is 48.7 Å². The number of ether oxygens (including phenoxy) is 3. The molecule has 0 saturated heterocycles. The molecule has 4 rings (SSSR count). The molecule has 0 aliphatic heterocycles. The predicted molar refractivity (Wildman–Crippen MR) is 174 cm³/mol. The maximum Gasteiger partial charge on any atom is 0.410 e. The van der Waals surface area contributed by atoms with E-state index in [4.69, 9.17) is 25.8 Å². The van der Waals surface area contributed by atoms with E-state index in [-0.39, 0.29) is 22.9 Å². The largest absolute Gasteiger partial charge is 0.465 e. The van der Waals surface area contributed by atoms with Crippen molar-refractivity contribution in [2.24, 2.45) is 0 Å². The summed E-state index contributed by atoms with van der Waals surface area (Å²) in [6.07, 6.45) is -1.16. The quantitative estimate of drug-likeness (QED) is 0.166. The van der Waals surface area contributed by atoms with Gasteiger partial charge in [0, 0.05) is 11.6 Å². The Labute approximate surface area is 274 Å². The van der Waals surface area contributed by atoms with Crippen molar-refractivity contribution in [3.05, 3.63) is 119 Å². The molecule has 0 heterocycles. The summed E-state index contributed by atoms with van der Waals surface area (Å²) in [6, 6.07) is 25.7. The average molecular weight is 666 g/mol. The van der Waals surface area contributed by atoms with Crippen molar-refractivity contribution in [1.82, 2.24) is 4.90 Å². The van der Waals surface area contributed by atoms with Crippen molar-refractivity contribution in [1.29, 1.82) is 0 Å². The van der Waals surface area contributed by atoms with Crippen LogP contribution < -0.4 is 4.74 Å². The highest BCUT2D eigenvalue weighted by Crippen LogP contribution is 2.27. The van der Waals surface area contributed by atoms with Crippen molar-refractivity contribution in [3.8, 4) is 11.5 Å². The first-order valence-corrected chi connectivity index (χ1v) is 16.3. The fourth-order valence-corrected chi connectivity index (χ4v) is 5.93. The monoisotopic (exact) mass is 665 g/mol. The second-order valence-electron chi connectivity index (χ2n) is 11.5. The van der Waals surface area contributed by atoms with E-state index in [1.165, 1.54) is 54.5 Å². The highest BCUT2D eigenvalue weighted by atomic mass is 35.5. The molecule has 4 aromatic carbocycles. The third-order valence-electron chi connectivity index (χ3n) is 6.81. The summed E-state index contributed by atoms with van der Waals surface area (Å²) < 4.78 is 42.8. The van der Waals surface area contributed by atoms with Gasteiger partial charge in [-0.3, -0.25) is 0 Å². The molecular weight excluding hydrogens is 630 g/mol. The molecule has 0 fully saturated rings. The number of methoxy groups -OCH3 is 1. The van der Waals surface area contributed by atoms with E-state index >= 15 is 0 Å².